The summed E-state index contributed by atoms with van der Waals surface area (Å²) in [5, 5.41) is 4.84. The van der Waals surface area contributed by atoms with Crippen molar-refractivity contribution in [2.75, 3.05) is 13.1 Å². The van der Waals surface area contributed by atoms with E-state index in [1.54, 1.807) is 6.07 Å². The average molecular weight is 300 g/mol. The standard InChI is InChI=1S/C16H23Cl2N/c1-11(2)9-19-10-14(12(3)4)5-13-6-15(17)8-16(18)7-13/h5-8,11-12,19H,9-10H2,1-4H3. The third kappa shape index (κ3) is 6.47. The highest BCUT2D eigenvalue weighted by molar-refractivity contribution is 6.34. The van der Waals surface area contributed by atoms with E-state index < -0.39 is 0 Å². The Labute approximate surface area is 127 Å². The smallest absolute Gasteiger partial charge is 0.0426 e. The normalized spacial score (nSPS) is 12.5. The highest BCUT2D eigenvalue weighted by atomic mass is 35.5. The summed E-state index contributed by atoms with van der Waals surface area (Å²) >= 11 is 12.1. The zero-order valence-electron chi connectivity index (χ0n) is 12.1. The van der Waals surface area contributed by atoms with Crippen LogP contribution in [0.4, 0.5) is 0 Å². The molecule has 0 aliphatic carbocycles. The lowest BCUT2D eigenvalue weighted by Crippen LogP contribution is -2.23. The first-order chi connectivity index (χ1) is 8.88. The molecule has 1 nitrogen and oxygen atoms in total. The Morgan fingerprint density at radius 2 is 1.68 bits per heavy atom. The highest BCUT2D eigenvalue weighted by Gasteiger charge is 2.05. The minimum atomic E-state index is 0.498. The van der Waals surface area contributed by atoms with E-state index in [-0.39, 0.29) is 0 Å². The molecule has 0 aromatic heterocycles. The van der Waals surface area contributed by atoms with Gasteiger partial charge in [-0.2, -0.15) is 0 Å². The van der Waals surface area contributed by atoms with Crippen LogP contribution < -0.4 is 5.32 Å². The summed E-state index contributed by atoms with van der Waals surface area (Å²) in [6.07, 6.45) is 2.18. The molecule has 106 valence electrons. The van der Waals surface area contributed by atoms with Gasteiger partial charge in [0.05, 0.1) is 0 Å². The van der Waals surface area contributed by atoms with Crippen molar-refractivity contribution in [2.45, 2.75) is 27.7 Å². The third-order valence-electron chi connectivity index (χ3n) is 2.86. The van der Waals surface area contributed by atoms with Gasteiger partial charge in [0.1, 0.15) is 0 Å². The van der Waals surface area contributed by atoms with Crippen LogP contribution >= 0.6 is 23.2 Å². The summed E-state index contributed by atoms with van der Waals surface area (Å²) < 4.78 is 0. The van der Waals surface area contributed by atoms with E-state index in [1.807, 2.05) is 12.1 Å². The monoisotopic (exact) mass is 299 g/mol. The molecule has 1 N–H and O–H groups in total. The summed E-state index contributed by atoms with van der Waals surface area (Å²) in [5.74, 6) is 1.16. The first-order valence-electron chi connectivity index (χ1n) is 6.75. The Balaban J connectivity index is 2.82. The molecule has 0 fully saturated rings. The second-order valence-electron chi connectivity index (χ2n) is 5.60. The molecule has 0 heterocycles. The van der Waals surface area contributed by atoms with Gasteiger partial charge in [-0.25, -0.2) is 0 Å². The van der Waals surface area contributed by atoms with Crippen LogP contribution in [0.15, 0.2) is 23.8 Å². The molecule has 1 rings (SSSR count). The largest absolute Gasteiger partial charge is 0.313 e. The number of benzene rings is 1. The molecule has 0 radical (unpaired) electrons. The molecular weight excluding hydrogens is 277 g/mol. The van der Waals surface area contributed by atoms with Gasteiger partial charge in [-0.15, -0.1) is 0 Å². The summed E-state index contributed by atoms with van der Waals surface area (Å²) in [4.78, 5) is 0. The lowest BCUT2D eigenvalue weighted by Gasteiger charge is -2.14. The van der Waals surface area contributed by atoms with Crippen LogP contribution in [0.5, 0.6) is 0 Å². The number of hydrogen-bond acceptors (Lipinski definition) is 1. The van der Waals surface area contributed by atoms with Crippen molar-refractivity contribution >= 4 is 29.3 Å². The van der Waals surface area contributed by atoms with Gasteiger partial charge in [0, 0.05) is 16.6 Å². The van der Waals surface area contributed by atoms with Crippen LogP contribution in [0.2, 0.25) is 10.0 Å². The Morgan fingerprint density at radius 3 is 2.16 bits per heavy atom. The Hall–Kier alpha value is -0.500. The van der Waals surface area contributed by atoms with Crippen LogP contribution in [0.25, 0.3) is 6.08 Å². The lowest BCUT2D eigenvalue weighted by molar-refractivity contribution is 0.558. The molecule has 0 saturated heterocycles. The summed E-state index contributed by atoms with van der Waals surface area (Å²) in [6, 6.07) is 5.64. The highest BCUT2D eigenvalue weighted by Crippen LogP contribution is 2.22. The second-order valence-corrected chi connectivity index (χ2v) is 6.47. The van der Waals surface area contributed by atoms with E-state index in [2.05, 4.69) is 39.1 Å². The maximum absolute atomic E-state index is 6.03. The molecule has 1 aromatic carbocycles. The first-order valence-corrected chi connectivity index (χ1v) is 7.51. The van der Waals surface area contributed by atoms with Gasteiger partial charge in [0.2, 0.25) is 0 Å². The van der Waals surface area contributed by atoms with Crippen LogP contribution in [0.1, 0.15) is 33.3 Å². The fourth-order valence-electron chi connectivity index (χ4n) is 1.80. The molecule has 3 heteroatoms. The van der Waals surface area contributed by atoms with Crippen molar-refractivity contribution in [2.24, 2.45) is 11.8 Å². The van der Waals surface area contributed by atoms with Crippen LogP contribution in [0, 0.1) is 11.8 Å². The Kier molecular flexibility index (Phi) is 6.92. The Morgan fingerprint density at radius 1 is 1.11 bits per heavy atom. The minimum absolute atomic E-state index is 0.498. The van der Waals surface area contributed by atoms with Gasteiger partial charge in [0.25, 0.3) is 0 Å². The molecule has 0 unspecified atom stereocenters. The predicted octanol–water partition coefficient (Wildman–Crippen LogP) is 5.28. The van der Waals surface area contributed by atoms with Crippen LogP contribution in [-0.4, -0.2) is 13.1 Å². The SMILES string of the molecule is CC(C)CNCC(=Cc1cc(Cl)cc(Cl)c1)C(C)C. The second kappa shape index (κ2) is 7.94. The number of rotatable bonds is 6. The fourth-order valence-corrected chi connectivity index (χ4v) is 2.34. The van der Waals surface area contributed by atoms with E-state index in [0.717, 1.165) is 18.7 Å². The lowest BCUT2D eigenvalue weighted by atomic mass is 10.00. The van der Waals surface area contributed by atoms with Crippen molar-refractivity contribution in [3.05, 3.63) is 39.4 Å². The first kappa shape index (κ1) is 16.6. The van der Waals surface area contributed by atoms with E-state index in [9.17, 15) is 0 Å². The van der Waals surface area contributed by atoms with Crippen molar-refractivity contribution < 1.29 is 0 Å². The molecule has 1 aromatic rings. The van der Waals surface area contributed by atoms with Gasteiger partial charge in [-0.05, 0) is 42.1 Å². The maximum Gasteiger partial charge on any atom is 0.0426 e. The molecule has 0 spiro atoms. The molecule has 0 amide bonds. The topological polar surface area (TPSA) is 12.0 Å². The van der Waals surface area contributed by atoms with Crippen molar-refractivity contribution in [1.29, 1.82) is 0 Å². The van der Waals surface area contributed by atoms with Gasteiger partial charge in [0.15, 0.2) is 0 Å². The quantitative estimate of drug-likeness (QED) is 0.754. The zero-order valence-corrected chi connectivity index (χ0v) is 13.6. The zero-order chi connectivity index (χ0) is 14.4. The number of hydrogen-bond donors (Lipinski definition) is 1. The maximum atomic E-state index is 6.03. The van der Waals surface area contributed by atoms with Gasteiger partial charge in [-0.1, -0.05) is 62.5 Å². The van der Waals surface area contributed by atoms with Crippen molar-refractivity contribution in [3.8, 4) is 0 Å². The van der Waals surface area contributed by atoms with Crippen molar-refractivity contribution in [3.63, 3.8) is 0 Å². The molecule has 19 heavy (non-hydrogen) atoms. The molecule has 0 atom stereocenters. The van der Waals surface area contributed by atoms with Gasteiger partial charge in [-0.3, -0.25) is 0 Å². The molecule has 0 bridgehead atoms. The summed E-state index contributed by atoms with van der Waals surface area (Å²) in [5.41, 5.74) is 2.42. The minimum Gasteiger partial charge on any atom is -0.313 e. The number of halogens is 2. The molecule has 0 aliphatic rings. The Bertz CT molecular complexity index is 416. The van der Waals surface area contributed by atoms with Gasteiger partial charge < -0.3 is 5.32 Å². The number of nitrogens with one attached hydrogen (secondary N) is 1. The molecular formula is C16H23Cl2N. The molecule has 0 saturated carbocycles. The fraction of sp³-hybridized carbons (Fsp3) is 0.500. The van der Waals surface area contributed by atoms with E-state index in [1.165, 1.54) is 5.57 Å². The van der Waals surface area contributed by atoms with Crippen LogP contribution in [0.3, 0.4) is 0 Å². The molecule has 0 aliphatic heterocycles. The van der Waals surface area contributed by atoms with Gasteiger partial charge >= 0.3 is 0 Å². The van der Waals surface area contributed by atoms with Crippen LogP contribution in [-0.2, 0) is 0 Å². The third-order valence-corrected chi connectivity index (χ3v) is 3.30. The van der Waals surface area contributed by atoms with Crippen molar-refractivity contribution in [1.82, 2.24) is 5.32 Å². The predicted molar refractivity (Wildman–Crippen MR) is 87.0 cm³/mol. The van der Waals surface area contributed by atoms with E-state index in [4.69, 9.17) is 23.2 Å². The van der Waals surface area contributed by atoms with E-state index >= 15 is 0 Å². The average Bonchev–Trinajstić information content (AvgIpc) is 2.25. The summed E-state index contributed by atoms with van der Waals surface area (Å²) in [7, 11) is 0. The summed E-state index contributed by atoms with van der Waals surface area (Å²) in [6.45, 7) is 10.8. The van der Waals surface area contributed by atoms with E-state index in [0.29, 0.717) is 21.9 Å².